The monoisotopic (exact) mass is 570 g/mol. The number of aryl methyl sites for hydroxylation is 2. The Balaban J connectivity index is 2.05. The van der Waals surface area contributed by atoms with Crippen LogP contribution in [0.4, 0.5) is 11.4 Å². The van der Waals surface area contributed by atoms with Crippen molar-refractivity contribution in [1.29, 1.82) is 0 Å². The van der Waals surface area contributed by atoms with Gasteiger partial charge in [-0.15, -0.1) is 0 Å². The van der Waals surface area contributed by atoms with Gasteiger partial charge in [0.1, 0.15) is 6.54 Å². The molecule has 3 aromatic rings. The second-order valence-electron chi connectivity index (χ2n) is 8.70. The molecule has 212 valence electrons. The van der Waals surface area contributed by atoms with Gasteiger partial charge in [0.25, 0.3) is 10.0 Å². The van der Waals surface area contributed by atoms with E-state index in [9.17, 15) is 22.8 Å². The summed E-state index contributed by atoms with van der Waals surface area (Å²) in [6, 6.07) is 13.2. The first-order valence-corrected chi connectivity index (χ1v) is 13.3. The van der Waals surface area contributed by atoms with Crippen LogP contribution in [0.5, 0.6) is 11.5 Å². The molecule has 0 atom stereocenters. The summed E-state index contributed by atoms with van der Waals surface area (Å²) in [5.41, 5.74) is 1.89. The first kappa shape index (κ1) is 30.0. The Labute approximate surface area is 232 Å². The number of benzene rings is 3. The number of anilines is 2. The van der Waals surface area contributed by atoms with Crippen LogP contribution in [0, 0.1) is 13.8 Å². The van der Waals surface area contributed by atoms with E-state index in [0.29, 0.717) is 5.75 Å². The summed E-state index contributed by atoms with van der Waals surface area (Å²) in [6.45, 7) is 2.99. The molecule has 1 amide bonds. The molecule has 12 heteroatoms. The van der Waals surface area contributed by atoms with Crippen molar-refractivity contribution in [3.05, 3.63) is 76.9 Å². The largest absolute Gasteiger partial charge is 0.493 e. The molecule has 0 bridgehead atoms. The van der Waals surface area contributed by atoms with Gasteiger partial charge in [-0.2, -0.15) is 0 Å². The zero-order valence-corrected chi connectivity index (χ0v) is 23.7. The predicted octanol–water partition coefficient (Wildman–Crippen LogP) is 3.73. The number of methoxy groups -OCH3 is 4. The van der Waals surface area contributed by atoms with E-state index in [-0.39, 0.29) is 33.1 Å². The summed E-state index contributed by atoms with van der Waals surface area (Å²) >= 11 is 0. The van der Waals surface area contributed by atoms with Gasteiger partial charge in [0, 0.05) is 11.8 Å². The number of esters is 2. The van der Waals surface area contributed by atoms with E-state index in [2.05, 4.69) is 5.32 Å². The lowest BCUT2D eigenvalue weighted by Gasteiger charge is -2.25. The van der Waals surface area contributed by atoms with Crippen LogP contribution < -0.4 is 19.1 Å². The van der Waals surface area contributed by atoms with E-state index in [1.54, 1.807) is 12.1 Å². The molecule has 0 saturated carbocycles. The van der Waals surface area contributed by atoms with Crippen LogP contribution in [0.3, 0.4) is 0 Å². The Morgan fingerprint density at radius 3 is 1.80 bits per heavy atom. The van der Waals surface area contributed by atoms with Gasteiger partial charge in [-0.05, 0) is 67.4 Å². The highest BCUT2D eigenvalue weighted by molar-refractivity contribution is 7.92. The molecule has 11 nitrogen and oxygen atoms in total. The molecule has 0 fully saturated rings. The van der Waals surface area contributed by atoms with E-state index >= 15 is 0 Å². The van der Waals surface area contributed by atoms with Crippen molar-refractivity contribution >= 4 is 39.2 Å². The van der Waals surface area contributed by atoms with Gasteiger partial charge in [-0.25, -0.2) is 18.0 Å². The van der Waals surface area contributed by atoms with Gasteiger partial charge in [-0.3, -0.25) is 9.10 Å². The minimum atomic E-state index is -4.29. The third-order valence-electron chi connectivity index (χ3n) is 5.78. The van der Waals surface area contributed by atoms with Crippen molar-refractivity contribution < 1.29 is 41.7 Å². The van der Waals surface area contributed by atoms with Crippen molar-refractivity contribution in [3.63, 3.8) is 0 Å². The fourth-order valence-corrected chi connectivity index (χ4v) is 5.44. The predicted molar refractivity (Wildman–Crippen MR) is 148 cm³/mol. The number of nitrogens with one attached hydrogen (secondary N) is 1. The number of carbonyl (C=O) groups excluding carboxylic acids is 3. The molecule has 0 radical (unpaired) electrons. The van der Waals surface area contributed by atoms with Crippen molar-refractivity contribution in [2.24, 2.45) is 0 Å². The Hall–Kier alpha value is -4.58. The number of sulfonamides is 1. The van der Waals surface area contributed by atoms with Crippen molar-refractivity contribution in [2.45, 2.75) is 18.7 Å². The maximum Gasteiger partial charge on any atom is 0.337 e. The fourth-order valence-electron chi connectivity index (χ4n) is 4.02. The van der Waals surface area contributed by atoms with Crippen molar-refractivity contribution in [2.75, 3.05) is 44.6 Å². The average Bonchev–Trinajstić information content (AvgIpc) is 2.93. The standard InChI is InChI=1S/C28H30N2O9S/c1-17-9-18(2)11-22(10-17)30(40(34,35)23-7-8-24(36-3)25(15-23)37-4)16-26(31)29-21-13-19(27(32)38-5)12-20(14-21)28(33)39-6/h7-15H,16H2,1-6H3,(H,29,31). The molecule has 3 aromatic carbocycles. The van der Waals surface area contributed by atoms with Gasteiger partial charge in [0.05, 0.1) is 50.1 Å². The zero-order chi connectivity index (χ0) is 29.6. The number of hydrogen-bond donors (Lipinski definition) is 1. The van der Waals surface area contributed by atoms with Gasteiger partial charge in [0.2, 0.25) is 5.91 Å². The summed E-state index contributed by atoms with van der Waals surface area (Å²) in [5, 5.41) is 2.57. The smallest absolute Gasteiger partial charge is 0.337 e. The summed E-state index contributed by atoms with van der Waals surface area (Å²) in [7, 11) is 0.863. The quantitative estimate of drug-likeness (QED) is 0.362. The summed E-state index contributed by atoms with van der Waals surface area (Å²) in [6.07, 6.45) is 0. The molecule has 0 heterocycles. The number of hydrogen-bond acceptors (Lipinski definition) is 9. The zero-order valence-electron chi connectivity index (χ0n) is 22.9. The Morgan fingerprint density at radius 2 is 1.30 bits per heavy atom. The molecule has 3 rings (SSSR count). The molecule has 0 saturated heterocycles. The molecule has 0 aliphatic carbocycles. The van der Waals surface area contributed by atoms with Crippen LogP contribution in [-0.4, -0.2) is 61.2 Å². The molecule has 40 heavy (non-hydrogen) atoms. The first-order chi connectivity index (χ1) is 18.9. The lowest BCUT2D eigenvalue weighted by Crippen LogP contribution is -2.38. The minimum absolute atomic E-state index is 0.00943. The van der Waals surface area contributed by atoms with Crippen LogP contribution in [0.15, 0.2) is 59.5 Å². The molecule has 0 aliphatic heterocycles. The van der Waals surface area contributed by atoms with Crippen LogP contribution in [0.25, 0.3) is 0 Å². The first-order valence-electron chi connectivity index (χ1n) is 11.9. The fraction of sp³-hybridized carbons (Fsp3) is 0.250. The molecule has 0 aromatic heterocycles. The topological polar surface area (TPSA) is 138 Å². The molecule has 1 N–H and O–H groups in total. The highest BCUT2D eigenvalue weighted by atomic mass is 32.2. The lowest BCUT2D eigenvalue weighted by molar-refractivity contribution is -0.114. The minimum Gasteiger partial charge on any atom is -0.493 e. The summed E-state index contributed by atoms with van der Waals surface area (Å²) in [4.78, 5) is 37.4. The van der Waals surface area contributed by atoms with E-state index in [1.165, 1.54) is 64.8 Å². The number of carbonyl (C=O) groups is 3. The van der Waals surface area contributed by atoms with Crippen LogP contribution in [0.1, 0.15) is 31.8 Å². The number of rotatable bonds is 10. The van der Waals surface area contributed by atoms with Crippen molar-refractivity contribution in [1.82, 2.24) is 0 Å². The van der Waals surface area contributed by atoms with E-state index in [1.807, 2.05) is 19.9 Å². The number of amides is 1. The second-order valence-corrected chi connectivity index (χ2v) is 10.6. The SMILES string of the molecule is COC(=O)c1cc(NC(=O)CN(c2cc(C)cc(C)c2)S(=O)(=O)c2ccc(OC)c(OC)c2)cc(C(=O)OC)c1. The molecule has 0 spiro atoms. The number of nitrogens with zero attached hydrogens (tertiary/aromatic N) is 1. The summed E-state index contributed by atoms with van der Waals surface area (Å²) in [5.74, 6) is -1.68. The highest BCUT2D eigenvalue weighted by Gasteiger charge is 2.29. The summed E-state index contributed by atoms with van der Waals surface area (Å²) < 4.78 is 48.7. The molecule has 0 aliphatic rings. The second kappa shape index (κ2) is 12.5. The third-order valence-corrected chi connectivity index (χ3v) is 7.55. The number of ether oxygens (including phenoxy) is 4. The van der Waals surface area contributed by atoms with Gasteiger partial charge in [0.15, 0.2) is 11.5 Å². The van der Waals surface area contributed by atoms with Gasteiger partial charge >= 0.3 is 11.9 Å². The van der Waals surface area contributed by atoms with Crippen molar-refractivity contribution in [3.8, 4) is 11.5 Å². The van der Waals surface area contributed by atoms with Crippen LogP contribution in [-0.2, 0) is 24.3 Å². The van der Waals surface area contributed by atoms with Gasteiger partial charge in [-0.1, -0.05) is 6.07 Å². The van der Waals surface area contributed by atoms with E-state index in [0.717, 1.165) is 15.4 Å². The van der Waals surface area contributed by atoms with Crippen LogP contribution in [0.2, 0.25) is 0 Å². The molecule has 0 unspecified atom stereocenters. The molecular weight excluding hydrogens is 540 g/mol. The normalized spacial score (nSPS) is 10.8. The van der Waals surface area contributed by atoms with E-state index < -0.39 is 34.4 Å². The third kappa shape index (κ3) is 6.70. The Morgan fingerprint density at radius 1 is 0.750 bits per heavy atom. The Bertz CT molecular complexity index is 1500. The molecular formula is C28H30N2O9S. The Kier molecular flexibility index (Phi) is 9.38. The maximum atomic E-state index is 13.9. The van der Waals surface area contributed by atoms with Gasteiger partial charge < -0.3 is 24.3 Å². The maximum absolute atomic E-state index is 13.9. The highest BCUT2D eigenvalue weighted by Crippen LogP contribution is 2.33. The van der Waals surface area contributed by atoms with Crippen LogP contribution >= 0.6 is 0 Å². The average molecular weight is 571 g/mol. The lowest BCUT2D eigenvalue weighted by atomic mass is 10.1. The van der Waals surface area contributed by atoms with E-state index in [4.69, 9.17) is 18.9 Å².